The average molecular weight is 278 g/mol. The molecule has 1 amide bonds. The van der Waals surface area contributed by atoms with Gasteiger partial charge in [0, 0.05) is 5.69 Å². The topological polar surface area (TPSA) is 78.4 Å². The van der Waals surface area contributed by atoms with Crippen molar-refractivity contribution in [3.8, 4) is 0 Å². The molecule has 1 atom stereocenters. The summed E-state index contributed by atoms with van der Waals surface area (Å²) in [6, 6.07) is 7.59. The molecule has 0 aliphatic carbocycles. The summed E-state index contributed by atoms with van der Waals surface area (Å²) in [5, 5.41) is 14.6. The zero-order chi connectivity index (χ0) is 15.2. The molecule has 1 aromatic carbocycles. The molecule has 0 radical (unpaired) electrons. The smallest absolute Gasteiger partial charge is 0.323 e. The van der Waals surface area contributed by atoms with Crippen molar-refractivity contribution in [2.24, 2.45) is 0 Å². The van der Waals surface area contributed by atoms with Crippen LogP contribution in [0.1, 0.15) is 32.8 Å². The number of aryl methyl sites for hydroxylation is 1. The van der Waals surface area contributed by atoms with E-state index in [1.54, 1.807) is 13.8 Å². The molecule has 5 nitrogen and oxygen atoms in total. The molecule has 1 unspecified atom stereocenters. The number of carbonyl (C=O) groups excluding carboxylic acids is 1. The van der Waals surface area contributed by atoms with Crippen molar-refractivity contribution in [3.05, 3.63) is 29.8 Å². The molecule has 0 aliphatic heterocycles. The molecule has 0 fully saturated rings. The first-order valence-corrected chi connectivity index (χ1v) is 6.78. The Labute approximate surface area is 119 Å². The summed E-state index contributed by atoms with van der Waals surface area (Å²) in [7, 11) is 0. The maximum atomic E-state index is 11.8. The van der Waals surface area contributed by atoms with E-state index < -0.39 is 11.5 Å². The summed E-state index contributed by atoms with van der Waals surface area (Å²) < 4.78 is 0. The minimum absolute atomic E-state index is 0.0355. The minimum Gasteiger partial charge on any atom is -0.480 e. The molecule has 0 aliphatic rings. The Kier molecular flexibility index (Phi) is 5.70. The molecule has 20 heavy (non-hydrogen) atoms. The van der Waals surface area contributed by atoms with Gasteiger partial charge in [0.05, 0.1) is 6.54 Å². The standard InChI is InChI=1S/C15H22N2O3/c1-4-11-6-8-12(9-7-11)17-13(18)10-16-15(3,5-2)14(19)20/h6-9,16H,4-5,10H2,1-3H3,(H,17,18)(H,19,20). The van der Waals surface area contributed by atoms with E-state index in [0.717, 1.165) is 6.42 Å². The highest BCUT2D eigenvalue weighted by Gasteiger charge is 2.30. The number of nitrogens with one attached hydrogen (secondary N) is 2. The van der Waals surface area contributed by atoms with Crippen molar-refractivity contribution < 1.29 is 14.7 Å². The van der Waals surface area contributed by atoms with E-state index in [1.165, 1.54) is 5.56 Å². The molecule has 0 saturated carbocycles. The minimum atomic E-state index is -1.08. The third kappa shape index (κ3) is 4.35. The van der Waals surface area contributed by atoms with Gasteiger partial charge in [-0.1, -0.05) is 26.0 Å². The highest BCUT2D eigenvalue weighted by molar-refractivity contribution is 5.92. The first kappa shape index (κ1) is 16.2. The second kappa shape index (κ2) is 7.05. The molecular formula is C15H22N2O3. The number of hydrogen-bond acceptors (Lipinski definition) is 3. The highest BCUT2D eigenvalue weighted by atomic mass is 16.4. The van der Waals surface area contributed by atoms with Gasteiger partial charge in [-0.25, -0.2) is 0 Å². The van der Waals surface area contributed by atoms with Crippen molar-refractivity contribution in [3.63, 3.8) is 0 Å². The summed E-state index contributed by atoms with van der Waals surface area (Å²) in [4.78, 5) is 22.9. The van der Waals surface area contributed by atoms with Crippen molar-refractivity contribution in [2.75, 3.05) is 11.9 Å². The predicted octanol–water partition coefficient (Wildman–Crippen LogP) is 2.03. The lowest BCUT2D eigenvalue weighted by Gasteiger charge is -2.24. The Morgan fingerprint density at radius 3 is 2.25 bits per heavy atom. The monoisotopic (exact) mass is 278 g/mol. The summed E-state index contributed by atoms with van der Waals surface area (Å²) in [6.45, 7) is 5.36. The number of benzene rings is 1. The largest absolute Gasteiger partial charge is 0.480 e. The third-order valence-electron chi connectivity index (χ3n) is 3.46. The van der Waals surface area contributed by atoms with Gasteiger partial charge in [-0.15, -0.1) is 0 Å². The second-order valence-corrected chi connectivity index (χ2v) is 4.94. The molecule has 0 saturated heterocycles. The fourth-order valence-electron chi connectivity index (χ4n) is 1.66. The number of rotatable bonds is 7. The molecule has 0 aromatic heterocycles. The molecule has 1 aromatic rings. The van der Waals surface area contributed by atoms with Crippen LogP contribution in [0, 0.1) is 0 Å². The van der Waals surface area contributed by atoms with Crippen molar-refractivity contribution in [1.29, 1.82) is 0 Å². The van der Waals surface area contributed by atoms with Crippen LogP contribution in [0.2, 0.25) is 0 Å². The maximum Gasteiger partial charge on any atom is 0.323 e. The van der Waals surface area contributed by atoms with Crippen LogP contribution in [0.4, 0.5) is 5.69 Å². The molecule has 0 spiro atoms. The van der Waals surface area contributed by atoms with Gasteiger partial charge in [0.15, 0.2) is 0 Å². The van der Waals surface area contributed by atoms with Crippen LogP contribution >= 0.6 is 0 Å². The van der Waals surface area contributed by atoms with Gasteiger partial charge in [0.2, 0.25) is 5.91 Å². The maximum absolute atomic E-state index is 11.8. The van der Waals surface area contributed by atoms with Crippen LogP contribution in [0.25, 0.3) is 0 Å². The first-order chi connectivity index (χ1) is 9.41. The molecule has 0 heterocycles. The van der Waals surface area contributed by atoms with E-state index in [1.807, 2.05) is 24.3 Å². The van der Waals surface area contributed by atoms with Gasteiger partial charge < -0.3 is 10.4 Å². The lowest BCUT2D eigenvalue weighted by atomic mass is 9.99. The number of amides is 1. The molecule has 0 bridgehead atoms. The normalized spacial score (nSPS) is 13.6. The van der Waals surface area contributed by atoms with E-state index in [9.17, 15) is 9.59 Å². The van der Waals surface area contributed by atoms with Crippen LogP contribution in [0.3, 0.4) is 0 Å². The predicted molar refractivity (Wildman–Crippen MR) is 78.8 cm³/mol. The van der Waals surface area contributed by atoms with Gasteiger partial charge >= 0.3 is 5.97 Å². The Hall–Kier alpha value is -1.88. The van der Waals surface area contributed by atoms with E-state index in [-0.39, 0.29) is 12.5 Å². The Morgan fingerprint density at radius 2 is 1.80 bits per heavy atom. The quantitative estimate of drug-likeness (QED) is 0.713. The molecule has 110 valence electrons. The SMILES string of the molecule is CCc1ccc(NC(=O)CNC(C)(CC)C(=O)O)cc1. The van der Waals surface area contributed by atoms with E-state index in [2.05, 4.69) is 17.6 Å². The Balaban J connectivity index is 2.53. The molecule has 3 N–H and O–H groups in total. The van der Waals surface area contributed by atoms with E-state index in [4.69, 9.17) is 5.11 Å². The van der Waals surface area contributed by atoms with Gasteiger partial charge in [-0.2, -0.15) is 0 Å². The van der Waals surface area contributed by atoms with Crippen LogP contribution < -0.4 is 10.6 Å². The lowest BCUT2D eigenvalue weighted by Crippen LogP contribution is -2.51. The van der Waals surface area contributed by atoms with Gasteiger partial charge in [-0.3, -0.25) is 14.9 Å². The summed E-state index contributed by atoms with van der Waals surface area (Å²) in [6.07, 6.45) is 1.35. The van der Waals surface area contributed by atoms with Crippen molar-refractivity contribution in [2.45, 2.75) is 39.2 Å². The zero-order valence-electron chi connectivity index (χ0n) is 12.2. The lowest BCUT2D eigenvalue weighted by molar-refractivity contribution is -0.144. The number of anilines is 1. The van der Waals surface area contributed by atoms with Crippen molar-refractivity contribution in [1.82, 2.24) is 5.32 Å². The van der Waals surface area contributed by atoms with Crippen molar-refractivity contribution >= 4 is 17.6 Å². The van der Waals surface area contributed by atoms with Gasteiger partial charge in [0.1, 0.15) is 5.54 Å². The molecule has 1 rings (SSSR count). The zero-order valence-corrected chi connectivity index (χ0v) is 12.2. The number of carbonyl (C=O) groups is 2. The highest BCUT2D eigenvalue weighted by Crippen LogP contribution is 2.11. The van der Waals surface area contributed by atoms with Gasteiger partial charge in [0.25, 0.3) is 0 Å². The molecular weight excluding hydrogens is 256 g/mol. The number of hydrogen-bond donors (Lipinski definition) is 3. The number of aliphatic carboxylic acids is 1. The van der Waals surface area contributed by atoms with Crippen LogP contribution in [-0.4, -0.2) is 29.1 Å². The average Bonchev–Trinajstić information content (AvgIpc) is 2.45. The summed E-state index contributed by atoms with van der Waals surface area (Å²) in [5.74, 6) is -1.21. The summed E-state index contributed by atoms with van der Waals surface area (Å²) >= 11 is 0. The first-order valence-electron chi connectivity index (χ1n) is 6.78. The fraction of sp³-hybridized carbons (Fsp3) is 0.467. The number of carboxylic acid groups (broad SMARTS) is 1. The summed E-state index contributed by atoms with van der Waals surface area (Å²) in [5.41, 5.74) is 0.830. The third-order valence-corrected chi connectivity index (χ3v) is 3.46. The second-order valence-electron chi connectivity index (χ2n) is 4.94. The Bertz CT molecular complexity index is 471. The van der Waals surface area contributed by atoms with E-state index >= 15 is 0 Å². The van der Waals surface area contributed by atoms with Crippen LogP contribution in [0.15, 0.2) is 24.3 Å². The fourth-order valence-corrected chi connectivity index (χ4v) is 1.66. The molecule has 5 heteroatoms. The Morgan fingerprint density at radius 1 is 1.20 bits per heavy atom. The van der Waals surface area contributed by atoms with Gasteiger partial charge in [-0.05, 0) is 37.5 Å². The van der Waals surface area contributed by atoms with Crippen LogP contribution in [0.5, 0.6) is 0 Å². The van der Waals surface area contributed by atoms with Crippen LogP contribution in [-0.2, 0) is 16.0 Å². The van der Waals surface area contributed by atoms with E-state index in [0.29, 0.717) is 12.1 Å². The number of carboxylic acids is 1.